The Labute approximate surface area is 202 Å². The average molecular weight is 487 g/mol. The largest absolute Gasteiger partial charge is 0.450 e. The molecule has 1 saturated heterocycles. The summed E-state index contributed by atoms with van der Waals surface area (Å²) < 4.78 is 38.7. The van der Waals surface area contributed by atoms with E-state index in [-0.39, 0.29) is 17.9 Å². The molecule has 0 saturated carbocycles. The molecule has 35 heavy (non-hydrogen) atoms. The lowest BCUT2D eigenvalue weighted by Gasteiger charge is -2.35. The normalized spacial score (nSPS) is 21.6. The molecule has 1 N–H and O–H groups in total. The van der Waals surface area contributed by atoms with Gasteiger partial charge in [-0.1, -0.05) is 0 Å². The monoisotopic (exact) mass is 486 g/mol. The highest BCUT2D eigenvalue weighted by molar-refractivity contribution is 6.01. The molecule has 1 atom stereocenters. The molecule has 5 rings (SSSR count). The number of rotatable bonds is 4. The van der Waals surface area contributed by atoms with E-state index in [9.17, 15) is 13.6 Å². The van der Waals surface area contributed by atoms with Gasteiger partial charge in [-0.15, -0.1) is 0 Å². The van der Waals surface area contributed by atoms with Crippen LogP contribution < -0.4 is 10.2 Å². The highest BCUT2D eigenvalue weighted by atomic mass is 19.1. The van der Waals surface area contributed by atoms with Gasteiger partial charge < -0.3 is 19.3 Å². The lowest BCUT2D eigenvalue weighted by atomic mass is 10.1. The summed E-state index contributed by atoms with van der Waals surface area (Å²) in [5.41, 5.74) is 4.56. The molecule has 4 aliphatic rings. The van der Waals surface area contributed by atoms with E-state index in [1.165, 1.54) is 6.07 Å². The predicted molar refractivity (Wildman–Crippen MR) is 126 cm³/mol. The first-order valence-electron chi connectivity index (χ1n) is 11.6. The highest BCUT2D eigenvalue weighted by Gasteiger charge is 2.35. The second kappa shape index (κ2) is 8.95. The van der Waals surface area contributed by atoms with Crippen LogP contribution >= 0.6 is 0 Å². The summed E-state index contributed by atoms with van der Waals surface area (Å²) in [6.07, 6.45) is 3.92. The second-order valence-electron chi connectivity index (χ2n) is 9.79. The second-order valence-corrected chi connectivity index (χ2v) is 9.79. The molecule has 186 valence electrons. The fraction of sp³-hybridized carbons (Fsp3) is 0.458. The summed E-state index contributed by atoms with van der Waals surface area (Å²) >= 11 is 0. The van der Waals surface area contributed by atoms with Gasteiger partial charge in [0.25, 0.3) is 0 Å². The first kappa shape index (κ1) is 23.3. The minimum Gasteiger partial charge on any atom is -0.450 e. The third-order valence-electron chi connectivity index (χ3n) is 5.91. The van der Waals surface area contributed by atoms with Crippen molar-refractivity contribution in [3.05, 3.63) is 53.1 Å². The first-order chi connectivity index (χ1) is 16.7. The standard InChI is InChI=1S/C24H28F2N6O3/c1-24(2,3)35-23(33)30-8-6-16(12-30)29-31-13-19-18(28-14-31)11-21(22-27-7-9-32(19)22)34-20-5-4-15(25)10-17(20)26/h4-5,10-11,14,16,29H,6-9,12-13H2,1-3H3. The predicted octanol–water partition coefficient (Wildman–Crippen LogP) is 3.02. The molecule has 11 heteroatoms. The molecule has 1 unspecified atom stereocenters. The van der Waals surface area contributed by atoms with Gasteiger partial charge in [-0.3, -0.25) is 10.0 Å². The summed E-state index contributed by atoms with van der Waals surface area (Å²) in [4.78, 5) is 25.2. The molecular formula is C24H28F2N6O3. The van der Waals surface area contributed by atoms with E-state index in [1.807, 2.05) is 30.7 Å². The topological polar surface area (TPSA) is 82.0 Å². The van der Waals surface area contributed by atoms with Gasteiger partial charge >= 0.3 is 6.09 Å². The summed E-state index contributed by atoms with van der Waals surface area (Å²) in [6.45, 7) is 8.49. The molecule has 4 heterocycles. The van der Waals surface area contributed by atoms with Crippen molar-refractivity contribution in [1.29, 1.82) is 0 Å². The molecule has 1 amide bonds. The van der Waals surface area contributed by atoms with Crippen LogP contribution in [0.5, 0.6) is 5.75 Å². The molecule has 1 aromatic carbocycles. The number of halogens is 2. The maximum Gasteiger partial charge on any atom is 0.410 e. The molecule has 0 radical (unpaired) electrons. The van der Waals surface area contributed by atoms with Crippen LogP contribution in [-0.2, 0) is 4.74 Å². The Hall–Kier alpha value is -3.47. The fourth-order valence-electron chi connectivity index (χ4n) is 4.37. The Balaban J connectivity index is 1.25. The number of nitrogens with zero attached hydrogens (tertiary/aromatic N) is 5. The smallest absolute Gasteiger partial charge is 0.410 e. The Morgan fingerprint density at radius 1 is 1.23 bits per heavy atom. The van der Waals surface area contributed by atoms with Crippen LogP contribution in [0.3, 0.4) is 0 Å². The van der Waals surface area contributed by atoms with Crippen LogP contribution in [0.25, 0.3) is 0 Å². The van der Waals surface area contributed by atoms with Crippen molar-refractivity contribution in [2.45, 2.75) is 38.8 Å². The number of aliphatic imine (C=N–C) groups is 2. The van der Waals surface area contributed by atoms with Gasteiger partial charge in [0.1, 0.15) is 17.8 Å². The lowest BCUT2D eigenvalue weighted by molar-refractivity contribution is 0.0288. The highest BCUT2D eigenvalue weighted by Crippen LogP contribution is 2.31. The van der Waals surface area contributed by atoms with Crippen LogP contribution in [0, 0.1) is 11.6 Å². The molecule has 0 aromatic heterocycles. The SMILES string of the molecule is CC(C)(C)OC(=O)N1CCC(NN2C=NC3=C(C2)N2CCN=C2C(Oc2ccc(F)cc2F)=C3)C1. The number of carbonyl (C=O) groups is 1. The van der Waals surface area contributed by atoms with Crippen molar-refractivity contribution in [3.63, 3.8) is 0 Å². The molecular weight excluding hydrogens is 458 g/mol. The Morgan fingerprint density at radius 2 is 2.06 bits per heavy atom. The molecule has 0 spiro atoms. The van der Waals surface area contributed by atoms with Crippen molar-refractivity contribution in [3.8, 4) is 5.75 Å². The third kappa shape index (κ3) is 5.00. The van der Waals surface area contributed by atoms with Crippen LogP contribution in [0.4, 0.5) is 13.6 Å². The van der Waals surface area contributed by atoms with E-state index in [4.69, 9.17) is 9.47 Å². The van der Waals surface area contributed by atoms with Gasteiger partial charge in [-0.25, -0.2) is 24.0 Å². The summed E-state index contributed by atoms with van der Waals surface area (Å²) in [7, 11) is 0. The van der Waals surface area contributed by atoms with Gasteiger partial charge in [0.05, 0.1) is 24.5 Å². The van der Waals surface area contributed by atoms with Gasteiger partial charge in [0, 0.05) is 37.8 Å². The Kier molecular flexibility index (Phi) is 5.96. The van der Waals surface area contributed by atoms with E-state index in [2.05, 4.69) is 15.4 Å². The molecule has 0 aliphatic carbocycles. The number of hydrogen-bond donors (Lipinski definition) is 1. The lowest BCUT2D eigenvalue weighted by Crippen LogP contribution is -2.50. The van der Waals surface area contributed by atoms with E-state index in [1.54, 1.807) is 17.3 Å². The van der Waals surface area contributed by atoms with Crippen LogP contribution in [0.2, 0.25) is 0 Å². The van der Waals surface area contributed by atoms with Crippen LogP contribution in [-0.4, -0.2) is 77.4 Å². The number of hydrazine groups is 1. The molecule has 1 aromatic rings. The summed E-state index contributed by atoms with van der Waals surface area (Å²) in [5, 5.41) is 1.90. The zero-order valence-electron chi connectivity index (χ0n) is 19.9. The van der Waals surface area contributed by atoms with Crippen LogP contribution in [0.1, 0.15) is 27.2 Å². The third-order valence-corrected chi connectivity index (χ3v) is 5.91. The number of allylic oxidation sites excluding steroid dienone is 1. The number of benzene rings is 1. The molecule has 1 fully saturated rings. The number of amides is 1. The maximum atomic E-state index is 14.2. The average Bonchev–Trinajstić information content (AvgIpc) is 3.45. The van der Waals surface area contributed by atoms with Crippen molar-refractivity contribution in [1.82, 2.24) is 20.2 Å². The van der Waals surface area contributed by atoms with Gasteiger partial charge in [-0.2, -0.15) is 0 Å². The summed E-state index contributed by atoms with van der Waals surface area (Å²) in [6, 6.07) is 3.26. The number of fused-ring (bicyclic) bond motifs is 2. The van der Waals surface area contributed by atoms with E-state index in [0.717, 1.165) is 24.3 Å². The number of amidine groups is 1. The van der Waals surface area contributed by atoms with E-state index in [0.29, 0.717) is 50.0 Å². The van der Waals surface area contributed by atoms with Crippen molar-refractivity contribution in [2.75, 3.05) is 32.7 Å². The quantitative estimate of drug-likeness (QED) is 0.705. The minimum absolute atomic E-state index is 0.0716. The van der Waals surface area contributed by atoms with Crippen molar-refractivity contribution < 1.29 is 23.0 Å². The first-order valence-corrected chi connectivity index (χ1v) is 11.6. The molecule has 0 bridgehead atoms. The van der Waals surface area contributed by atoms with Gasteiger partial charge in [0.2, 0.25) is 0 Å². The van der Waals surface area contributed by atoms with Crippen molar-refractivity contribution in [2.24, 2.45) is 9.98 Å². The number of nitrogens with one attached hydrogen (secondary N) is 1. The summed E-state index contributed by atoms with van der Waals surface area (Å²) in [5.74, 6) is -0.556. The molecule has 4 aliphatic heterocycles. The fourth-order valence-corrected chi connectivity index (χ4v) is 4.37. The maximum absolute atomic E-state index is 14.2. The number of ether oxygens (including phenoxy) is 2. The Bertz CT molecular complexity index is 1160. The van der Waals surface area contributed by atoms with E-state index >= 15 is 0 Å². The van der Waals surface area contributed by atoms with Crippen molar-refractivity contribution >= 4 is 18.3 Å². The zero-order chi connectivity index (χ0) is 24.7. The Morgan fingerprint density at radius 3 is 2.83 bits per heavy atom. The zero-order valence-corrected chi connectivity index (χ0v) is 19.9. The minimum atomic E-state index is -0.782. The van der Waals surface area contributed by atoms with Gasteiger partial charge in [0.15, 0.2) is 23.2 Å². The number of carbonyl (C=O) groups excluding carboxylic acids is 1. The number of hydrogen-bond acceptors (Lipinski definition) is 8. The number of likely N-dealkylation sites (tertiary alicyclic amines) is 1. The molecule has 9 nitrogen and oxygen atoms in total. The van der Waals surface area contributed by atoms with Gasteiger partial charge in [-0.05, 0) is 39.3 Å². The van der Waals surface area contributed by atoms with Crippen LogP contribution in [0.15, 0.2) is 51.4 Å². The van der Waals surface area contributed by atoms with E-state index < -0.39 is 17.2 Å².